The molecule has 0 fully saturated rings. The number of Topliss-reactive ketones (excluding diaryl/α,β-unsaturated/α-hetero) is 1. The lowest BCUT2D eigenvalue weighted by Gasteiger charge is -2.07. The molecule has 0 amide bonds. The molecule has 88 valence electrons. The molecule has 0 saturated carbocycles. The van der Waals surface area contributed by atoms with Crippen molar-refractivity contribution in [2.45, 2.75) is 6.92 Å². The maximum absolute atomic E-state index is 13.3. The number of methoxy groups -OCH3 is 1. The van der Waals surface area contributed by atoms with Crippen molar-refractivity contribution in [1.29, 1.82) is 0 Å². The van der Waals surface area contributed by atoms with Crippen LogP contribution in [0.25, 0.3) is 10.4 Å². The predicted octanol–water partition coefficient (Wildman–Crippen LogP) is 3.16. The highest BCUT2D eigenvalue weighted by molar-refractivity contribution is 7.13. The van der Waals surface area contributed by atoms with Gasteiger partial charge in [0.05, 0.1) is 17.5 Å². The lowest BCUT2D eigenvalue weighted by atomic mass is 10.1. The van der Waals surface area contributed by atoms with Crippen molar-refractivity contribution in [3.05, 3.63) is 35.2 Å². The van der Waals surface area contributed by atoms with E-state index in [0.29, 0.717) is 21.9 Å². The highest BCUT2D eigenvalue weighted by atomic mass is 32.1. The molecule has 1 heterocycles. The molecule has 0 aliphatic rings. The van der Waals surface area contributed by atoms with Gasteiger partial charge >= 0.3 is 0 Å². The Bertz CT molecular complexity index is 565. The molecule has 5 heteroatoms. The van der Waals surface area contributed by atoms with Gasteiger partial charge in [-0.1, -0.05) is 0 Å². The van der Waals surface area contributed by atoms with Crippen molar-refractivity contribution in [1.82, 2.24) is 4.98 Å². The molecule has 2 aromatic rings. The van der Waals surface area contributed by atoms with E-state index in [2.05, 4.69) is 4.98 Å². The summed E-state index contributed by atoms with van der Waals surface area (Å²) in [5.74, 6) is 0.00872. The zero-order valence-electron chi connectivity index (χ0n) is 9.36. The summed E-state index contributed by atoms with van der Waals surface area (Å²) in [6, 6.07) is 4.20. The van der Waals surface area contributed by atoms with Gasteiger partial charge in [0.2, 0.25) is 0 Å². The van der Waals surface area contributed by atoms with Crippen molar-refractivity contribution in [3.8, 4) is 16.2 Å². The average molecular weight is 251 g/mol. The summed E-state index contributed by atoms with van der Waals surface area (Å²) in [5, 5.41) is 0. The molecule has 2 rings (SSSR count). The number of halogens is 1. The first-order valence-electron chi connectivity index (χ1n) is 4.92. The first kappa shape index (κ1) is 11.7. The van der Waals surface area contributed by atoms with E-state index in [0.717, 1.165) is 0 Å². The summed E-state index contributed by atoms with van der Waals surface area (Å²) < 4.78 is 18.4. The molecule has 3 nitrogen and oxygen atoms in total. The van der Waals surface area contributed by atoms with Gasteiger partial charge in [-0.25, -0.2) is 9.37 Å². The molecule has 0 saturated heterocycles. The zero-order chi connectivity index (χ0) is 12.4. The number of carbonyl (C=O) groups is 1. The zero-order valence-corrected chi connectivity index (χ0v) is 10.2. The third-order valence-corrected chi connectivity index (χ3v) is 3.17. The highest BCUT2D eigenvalue weighted by Crippen LogP contribution is 2.35. The van der Waals surface area contributed by atoms with Gasteiger partial charge in [-0.15, -0.1) is 11.3 Å². The number of thiazole rings is 1. The summed E-state index contributed by atoms with van der Waals surface area (Å²) >= 11 is 1.29. The molecule has 0 bridgehead atoms. The second-order valence-corrected chi connectivity index (χ2v) is 4.29. The van der Waals surface area contributed by atoms with Crippen molar-refractivity contribution >= 4 is 17.1 Å². The Kier molecular flexibility index (Phi) is 3.19. The number of ketones is 1. The number of benzene rings is 1. The number of nitrogens with zero attached hydrogens (tertiary/aromatic N) is 1. The number of carbonyl (C=O) groups excluding carboxylic acids is 1. The van der Waals surface area contributed by atoms with Crippen LogP contribution in [-0.2, 0) is 0 Å². The van der Waals surface area contributed by atoms with Gasteiger partial charge in [0.15, 0.2) is 5.78 Å². The van der Waals surface area contributed by atoms with E-state index in [1.807, 2.05) is 0 Å². The molecule has 0 N–H and O–H groups in total. The van der Waals surface area contributed by atoms with Crippen LogP contribution in [0, 0.1) is 5.82 Å². The van der Waals surface area contributed by atoms with Crippen LogP contribution < -0.4 is 4.74 Å². The summed E-state index contributed by atoms with van der Waals surface area (Å²) in [5.41, 5.74) is 2.47. The Morgan fingerprint density at radius 1 is 1.47 bits per heavy atom. The van der Waals surface area contributed by atoms with E-state index in [9.17, 15) is 9.18 Å². The first-order valence-corrected chi connectivity index (χ1v) is 5.79. The van der Waals surface area contributed by atoms with Crippen LogP contribution in [0.15, 0.2) is 23.7 Å². The predicted molar refractivity (Wildman–Crippen MR) is 64.1 cm³/mol. The van der Waals surface area contributed by atoms with Crippen LogP contribution in [-0.4, -0.2) is 17.9 Å². The van der Waals surface area contributed by atoms with Crippen LogP contribution in [0.5, 0.6) is 5.75 Å². The Labute approximate surface area is 102 Å². The molecule has 0 unspecified atom stereocenters. The fourth-order valence-electron chi connectivity index (χ4n) is 1.55. The van der Waals surface area contributed by atoms with E-state index in [-0.39, 0.29) is 11.6 Å². The Balaban J connectivity index is 2.63. The Hall–Kier alpha value is -1.75. The summed E-state index contributed by atoms with van der Waals surface area (Å²) in [6.45, 7) is 1.43. The molecule has 17 heavy (non-hydrogen) atoms. The van der Waals surface area contributed by atoms with Crippen molar-refractivity contribution < 1.29 is 13.9 Å². The number of aromatic nitrogens is 1. The van der Waals surface area contributed by atoms with Gasteiger partial charge in [0.1, 0.15) is 17.3 Å². The maximum Gasteiger partial charge on any atom is 0.179 e. The maximum atomic E-state index is 13.3. The fraction of sp³-hybridized carbons (Fsp3) is 0.167. The van der Waals surface area contributed by atoms with Crippen LogP contribution in [0.2, 0.25) is 0 Å². The molecule has 1 aromatic carbocycles. The summed E-state index contributed by atoms with van der Waals surface area (Å²) in [7, 11) is 1.51. The van der Waals surface area contributed by atoms with E-state index >= 15 is 0 Å². The van der Waals surface area contributed by atoms with E-state index in [1.54, 1.807) is 5.51 Å². The monoisotopic (exact) mass is 251 g/mol. The van der Waals surface area contributed by atoms with Gasteiger partial charge in [0, 0.05) is 12.5 Å². The lowest BCUT2D eigenvalue weighted by molar-refractivity contribution is 0.101. The second-order valence-electron chi connectivity index (χ2n) is 3.43. The van der Waals surface area contributed by atoms with Crippen LogP contribution in [0.4, 0.5) is 4.39 Å². The lowest BCUT2D eigenvalue weighted by Crippen LogP contribution is -1.96. The van der Waals surface area contributed by atoms with Gasteiger partial charge in [-0.2, -0.15) is 0 Å². The topological polar surface area (TPSA) is 39.2 Å². The van der Waals surface area contributed by atoms with Gasteiger partial charge < -0.3 is 4.74 Å². The van der Waals surface area contributed by atoms with E-state index < -0.39 is 0 Å². The normalized spacial score (nSPS) is 10.3. The number of hydrogen-bond acceptors (Lipinski definition) is 4. The fourth-order valence-corrected chi connectivity index (χ4v) is 2.40. The smallest absolute Gasteiger partial charge is 0.179 e. The highest BCUT2D eigenvalue weighted by Gasteiger charge is 2.16. The molecule has 0 spiro atoms. The third kappa shape index (κ3) is 2.19. The second kappa shape index (κ2) is 4.63. The molecule has 1 aromatic heterocycles. The average Bonchev–Trinajstić information content (AvgIpc) is 2.77. The molecule has 0 atom stereocenters. The Morgan fingerprint density at radius 2 is 2.24 bits per heavy atom. The summed E-state index contributed by atoms with van der Waals surface area (Å²) in [4.78, 5) is 16.0. The first-order chi connectivity index (χ1) is 8.13. The van der Waals surface area contributed by atoms with Crippen LogP contribution in [0.3, 0.4) is 0 Å². The molecular weight excluding hydrogens is 241 g/mol. The minimum Gasteiger partial charge on any atom is -0.496 e. The van der Waals surface area contributed by atoms with Gasteiger partial charge in [0.25, 0.3) is 0 Å². The van der Waals surface area contributed by atoms with Gasteiger partial charge in [-0.3, -0.25) is 4.79 Å². The Morgan fingerprint density at radius 3 is 2.88 bits per heavy atom. The molecule has 0 aliphatic heterocycles. The van der Waals surface area contributed by atoms with Crippen molar-refractivity contribution in [3.63, 3.8) is 0 Å². The van der Waals surface area contributed by atoms with E-state index in [4.69, 9.17) is 4.74 Å². The number of hydrogen-bond donors (Lipinski definition) is 0. The van der Waals surface area contributed by atoms with Crippen molar-refractivity contribution in [2.75, 3.05) is 7.11 Å². The molecule has 0 radical (unpaired) electrons. The summed E-state index contributed by atoms with van der Waals surface area (Å²) in [6.07, 6.45) is 0. The van der Waals surface area contributed by atoms with Crippen LogP contribution in [0.1, 0.15) is 17.4 Å². The minimum atomic E-state index is -0.372. The minimum absolute atomic E-state index is 0.146. The SMILES string of the molecule is COc1ccc(F)cc1-c1scnc1C(C)=O. The number of ether oxygens (including phenoxy) is 1. The third-order valence-electron chi connectivity index (χ3n) is 2.31. The molecular formula is C12H10FNO2S. The standard InChI is InChI=1S/C12H10FNO2S/c1-7(15)11-12(17-6-14-11)9-5-8(13)3-4-10(9)16-2/h3-6H,1-2H3. The van der Waals surface area contributed by atoms with Crippen LogP contribution >= 0.6 is 11.3 Å². The van der Waals surface area contributed by atoms with E-state index in [1.165, 1.54) is 43.6 Å². The van der Waals surface area contributed by atoms with Crippen molar-refractivity contribution in [2.24, 2.45) is 0 Å². The largest absolute Gasteiger partial charge is 0.496 e. The van der Waals surface area contributed by atoms with Gasteiger partial charge in [-0.05, 0) is 18.2 Å². The number of rotatable bonds is 3. The quantitative estimate of drug-likeness (QED) is 0.786. The molecule has 0 aliphatic carbocycles.